The first-order chi connectivity index (χ1) is 11.8. The molecule has 0 heterocycles. The maximum absolute atomic E-state index is 10.9. The smallest absolute Gasteiger partial charge is 0.154 e. The van der Waals surface area contributed by atoms with Gasteiger partial charge in [0.2, 0.25) is 0 Å². The van der Waals surface area contributed by atoms with E-state index < -0.39 is 12.0 Å². The van der Waals surface area contributed by atoms with Crippen LogP contribution in [0.3, 0.4) is 0 Å². The van der Waals surface area contributed by atoms with Gasteiger partial charge in [-0.25, -0.2) is 0 Å². The quantitative estimate of drug-likeness (QED) is 0.502. The van der Waals surface area contributed by atoms with Crippen LogP contribution in [0.1, 0.15) is 24.5 Å². The van der Waals surface area contributed by atoms with Crippen LogP contribution in [0, 0.1) is 7.14 Å². The number of phenolic OH excluding ortho intramolecular Hbond substituents is 1. The minimum atomic E-state index is -1.15. The predicted molar refractivity (Wildman–Crippen MR) is 109 cm³/mol. The summed E-state index contributed by atoms with van der Waals surface area (Å²) in [6.45, 7) is 2.06. The molecule has 2 aromatic rings. The number of aromatic hydroxyl groups is 1. The van der Waals surface area contributed by atoms with Gasteiger partial charge in [0.1, 0.15) is 17.5 Å². The number of hydrogen-bond acceptors (Lipinski definition) is 4. The number of aryl methyl sites for hydroxylation is 1. The Morgan fingerprint density at radius 2 is 1.92 bits per heavy atom. The first-order valence-electron chi connectivity index (χ1n) is 7.83. The molecule has 1 unspecified atom stereocenters. The van der Waals surface area contributed by atoms with Crippen molar-refractivity contribution >= 4 is 51.2 Å². The highest BCUT2D eigenvalue weighted by Crippen LogP contribution is 2.34. The summed E-state index contributed by atoms with van der Waals surface area (Å²) < 4.78 is 7.79. The number of carboxylic acids is 1. The van der Waals surface area contributed by atoms with Gasteiger partial charge in [0.15, 0.2) is 5.75 Å². The number of carbonyl (C=O) groups is 1. The van der Waals surface area contributed by atoms with Crippen molar-refractivity contribution in [3.05, 3.63) is 48.6 Å². The number of quaternary nitrogens is 1. The van der Waals surface area contributed by atoms with Gasteiger partial charge in [-0.3, -0.25) is 0 Å². The number of ether oxygens (including phenoxy) is 1. The van der Waals surface area contributed by atoms with Crippen LogP contribution in [-0.4, -0.2) is 17.1 Å². The lowest BCUT2D eigenvalue weighted by Crippen LogP contribution is -2.69. The zero-order valence-electron chi connectivity index (χ0n) is 13.7. The van der Waals surface area contributed by atoms with E-state index in [4.69, 9.17) is 4.74 Å². The van der Waals surface area contributed by atoms with Crippen LogP contribution in [0.15, 0.2) is 30.3 Å². The van der Waals surface area contributed by atoms with Crippen LogP contribution >= 0.6 is 45.2 Å². The van der Waals surface area contributed by atoms with E-state index in [0.29, 0.717) is 17.9 Å². The van der Waals surface area contributed by atoms with Crippen molar-refractivity contribution < 1.29 is 25.5 Å². The zero-order valence-corrected chi connectivity index (χ0v) is 18.0. The van der Waals surface area contributed by atoms with Crippen molar-refractivity contribution in [3.8, 4) is 17.2 Å². The molecule has 0 aliphatic rings. The third kappa shape index (κ3) is 5.45. The Kier molecular flexibility index (Phi) is 7.32. The number of hydrogen-bond donors (Lipinski definition) is 2. The summed E-state index contributed by atoms with van der Waals surface area (Å²) >= 11 is 4.34. The standard InChI is InChI=1S/C18H19I2NO4/c1-2-3-11-9-12(4-5-16(11)22)25-17-13(19)6-10(7-14(17)20)8-15(21)18(23)24/h4-7,9,15,22H,2-3,8,21H2,1H3,(H,23,24). The second-order valence-electron chi connectivity index (χ2n) is 5.75. The highest BCUT2D eigenvalue weighted by Gasteiger charge is 2.15. The Morgan fingerprint density at radius 1 is 1.28 bits per heavy atom. The fourth-order valence-electron chi connectivity index (χ4n) is 2.41. The van der Waals surface area contributed by atoms with Crippen LogP contribution in [0.4, 0.5) is 0 Å². The second-order valence-corrected chi connectivity index (χ2v) is 8.08. The molecule has 0 saturated heterocycles. The number of halogens is 2. The SMILES string of the molecule is CCCc1cc(Oc2c(I)cc(CC([NH3+])C(=O)[O-])cc2I)ccc1O. The molecule has 2 aromatic carbocycles. The van der Waals surface area contributed by atoms with Gasteiger partial charge in [0, 0.05) is 6.42 Å². The van der Waals surface area contributed by atoms with E-state index in [1.807, 2.05) is 18.2 Å². The monoisotopic (exact) mass is 567 g/mol. The summed E-state index contributed by atoms with van der Waals surface area (Å²) in [5.74, 6) is 0.498. The number of carboxylic acid groups (broad SMARTS) is 1. The minimum absolute atomic E-state index is 0.276. The van der Waals surface area contributed by atoms with Gasteiger partial charge >= 0.3 is 0 Å². The number of rotatable bonds is 7. The van der Waals surface area contributed by atoms with Gasteiger partial charge in [-0.05, 0) is 93.1 Å². The molecule has 0 aromatic heterocycles. The summed E-state index contributed by atoms with van der Waals surface area (Å²) in [4.78, 5) is 10.9. The molecule has 0 bridgehead atoms. The van der Waals surface area contributed by atoms with Gasteiger partial charge in [-0.1, -0.05) is 13.3 Å². The molecular weight excluding hydrogens is 548 g/mol. The third-order valence-electron chi connectivity index (χ3n) is 3.66. The lowest BCUT2D eigenvalue weighted by Gasteiger charge is -2.15. The molecule has 0 spiro atoms. The molecule has 7 heteroatoms. The molecule has 25 heavy (non-hydrogen) atoms. The van der Waals surface area contributed by atoms with E-state index in [0.717, 1.165) is 31.1 Å². The summed E-state index contributed by atoms with van der Waals surface area (Å²) in [5.41, 5.74) is 5.33. The summed E-state index contributed by atoms with van der Waals surface area (Å²) in [6, 6.07) is 8.23. The Balaban J connectivity index is 2.25. The van der Waals surface area contributed by atoms with Gasteiger partial charge < -0.3 is 25.5 Å². The number of aliphatic carboxylic acids is 1. The molecule has 0 amide bonds. The van der Waals surface area contributed by atoms with Crippen molar-refractivity contribution in [2.24, 2.45) is 0 Å². The highest BCUT2D eigenvalue weighted by atomic mass is 127. The Morgan fingerprint density at radius 3 is 2.48 bits per heavy atom. The Hall–Kier alpha value is -1.07. The number of carbonyl (C=O) groups excluding carboxylic acids is 1. The lowest BCUT2D eigenvalue weighted by molar-refractivity contribution is -0.437. The maximum Gasteiger partial charge on any atom is 0.154 e. The van der Waals surface area contributed by atoms with Gasteiger partial charge in [-0.2, -0.15) is 0 Å². The van der Waals surface area contributed by atoms with Gasteiger partial charge in [0.25, 0.3) is 0 Å². The first kappa shape index (κ1) is 20.2. The van der Waals surface area contributed by atoms with E-state index in [1.54, 1.807) is 12.1 Å². The van der Waals surface area contributed by atoms with Crippen molar-refractivity contribution in [2.45, 2.75) is 32.2 Å². The first-order valence-corrected chi connectivity index (χ1v) is 9.99. The van der Waals surface area contributed by atoms with Crippen molar-refractivity contribution in [1.29, 1.82) is 0 Å². The van der Waals surface area contributed by atoms with E-state index in [1.165, 1.54) is 0 Å². The van der Waals surface area contributed by atoms with Crippen molar-refractivity contribution in [2.75, 3.05) is 0 Å². The molecule has 134 valence electrons. The van der Waals surface area contributed by atoms with Crippen molar-refractivity contribution in [3.63, 3.8) is 0 Å². The molecule has 0 saturated carbocycles. The zero-order chi connectivity index (χ0) is 18.6. The largest absolute Gasteiger partial charge is 0.544 e. The summed E-state index contributed by atoms with van der Waals surface area (Å²) in [7, 11) is 0. The number of phenols is 1. The summed E-state index contributed by atoms with van der Waals surface area (Å²) in [5, 5.41) is 20.8. The topological polar surface area (TPSA) is 97.2 Å². The molecule has 0 radical (unpaired) electrons. The van der Waals surface area contributed by atoms with E-state index in [9.17, 15) is 15.0 Å². The molecule has 2 rings (SSSR count). The van der Waals surface area contributed by atoms with Crippen LogP contribution in [0.25, 0.3) is 0 Å². The predicted octanol–water partition coefficient (Wildman–Crippen LogP) is 2.25. The lowest BCUT2D eigenvalue weighted by atomic mass is 10.1. The fourth-order valence-corrected chi connectivity index (χ4v) is 4.53. The van der Waals surface area contributed by atoms with Crippen LogP contribution in [0.2, 0.25) is 0 Å². The van der Waals surface area contributed by atoms with Crippen LogP contribution in [-0.2, 0) is 17.6 Å². The number of benzene rings is 2. The average molecular weight is 567 g/mol. The third-order valence-corrected chi connectivity index (χ3v) is 5.27. The molecule has 5 nitrogen and oxygen atoms in total. The van der Waals surface area contributed by atoms with Crippen LogP contribution in [0.5, 0.6) is 17.2 Å². The fraction of sp³-hybridized carbons (Fsp3) is 0.278. The average Bonchev–Trinajstić information content (AvgIpc) is 2.54. The minimum Gasteiger partial charge on any atom is -0.544 e. The second kappa shape index (κ2) is 9.04. The molecule has 0 fully saturated rings. The highest BCUT2D eigenvalue weighted by molar-refractivity contribution is 14.1. The van der Waals surface area contributed by atoms with E-state index in [2.05, 4.69) is 57.8 Å². The maximum atomic E-state index is 10.9. The summed E-state index contributed by atoms with van der Waals surface area (Å²) in [6.07, 6.45) is 2.03. The normalized spacial score (nSPS) is 12.0. The van der Waals surface area contributed by atoms with Crippen molar-refractivity contribution in [1.82, 2.24) is 0 Å². The van der Waals surface area contributed by atoms with Crippen LogP contribution < -0.4 is 15.6 Å². The van der Waals surface area contributed by atoms with E-state index in [-0.39, 0.29) is 5.75 Å². The molecule has 0 aliphatic carbocycles. The Bertz CT molecular complexity index is 757. The van der Waals surface area contributed by atoms with Gasteiger partial charge in [-0.15, -0.1) is 0 Å². The molecule has 4 N–H and O–H groups in total. The van der Waals surface area contributed by atoms with E-state index >= 15 is 0 Å². The Labute approximate surface area is 173 Å². The van der Waals surface area contributed by atoms with Gasteiger partial charge in [0.05, 0.1) is 13.1 Å². The molecule has 0 aliphatic heterocycles. The molecular formula is C18H19I2NO4. The molecule has 1 atom stereocenters.